The van der Waals surface area contributed by atoms with Gasteiger partial charge in [-0.05, 0) is 19.8 Å². The van der Waals surface area contributed by atoms with Crippen molar-refractivity contribution in [1.82, 2.24) is 19.4 Å². The SMILES string of the molecule is CCCOc1nc(OCCC)nc([N+]2(CC)CCOCC2)n1.F[B-](F)(F)F. The molecule has 0 N–H and O–H groups in total. The van der Waals surface area contributed by atoms with Crippen molar-refractivity contribution in [3.63, 3.8) is 0 Å². The molecule has 2 heterocycles. The average molecular weight is 398 g/mol. The number of quaternary nitrogens is 1. The zero-order valence-corrected chi connectivity index (χ0v) is 16.0. The molecule has 0 aliphatic carbocycles. The standard InChI is InChI=1S/C15H27N4O3.BF4/c1-4-9-21-14-16-13(17-15(18-14)22-10-5-2)19(6-3)7-11-20-12-8-19;2-1(3,4)5/h4-12H2,1-3H3;/q+1;-1. The molecule has 1 fully saturated rings. The zero-order chi connectivity index (χ0) is 20.3. The number of hydrogen-bond acceptors (Lipinski definition) is 6. The van der Waals surface area contributed by atoms with Crippen LogP contribution in [0.25, 0.3) is 0 Å². The summed E-state index contributed by atoms with van der Waals surface area (Å²) in [5.41, 5.74) is 0. The first-order valence-electron chi connectivity index (χ1n) is 9.07. The van der Waals surface area contributed by atoms with Crippen LogP contribution in [0.5, 0.6) is 12.0 Å². The molecule has 12 heteroatoms. The van der Waals surface area contributed by atoms with Crippen molar-refractivity contribution < 1.29 is 31.5 Å². The molecule has 7 nitrogen and oxygen atoms in total. The van der Waals surface area contributed by atoms with E-state index < -0.39 is 7.25 Å². The molecule has 1 saturated heterocycles. The van der Waals surface area contributed by atoms with Gasteiger partial charge in [0, 0.05) is 0 Å². The number of morpholine rings is 1. The molecule has 156 valence electrons. The molecule has 0 atom stereocenters. The van der Waals surface area contributed by atoms with Gasteiger partial charge in [-0.25, -0.2) is 0 Å². The molecule has 0 spiro atoms. The number of rotatable bonds is 8. The summed E-state index contributed by atoms with van der Waals surface area (Å²) in [5, 5.41) is 0. The second-order valence-electron chi connectivity index (χ2n) is 5.91. The van der Waals surface area contributed by atoms with Crippen molar-refractivity contribution in [3.05, 3.63) is 0 Å². The summed E-state index contributed by atoms with van der Waals surface area (Å²) in [6, 6.07) is 0.714. The Morgan fingerprint density at radius 2 is 1.33 bits per heavy atom. The van der Waals surface area contributed by atoms with Crippen LogP contribution in [0.3, 0.4) is 0 Å². The van der Waals surface area contributed by atoms with Crippen molar-refractivity contribution in [1.29, 1.82) is 0 Å². The van der Waals surface area contributed by atoms with Gasteiger partial charge in [-0.15, -0.1) is 15.0 Å². The van der Waals surface area contributed by atoms with Crippen LogP contribution < -0.4 is 14.0 Å². The Bertz CT molecular complexity index is 528. The van der Waals surface area contributed by atoms with Gasteiger partial charge in [0.25, 0.3) is 0 Å². The van der Waals surface area contributed by atoms with Crippen LogP contribution in [0.4, 0.5) is 23.2 Å². The molecule has 1 aromatic rings. The molecule has 1 aliphatic rings. The second-order valence-corrected chi connectivity index (χ2v) is 5.91. The lowest BCUT2D eigenvalue weighted by Gasteiger charge is -2.37. The van der Waals surface area contributed by atoms with E-state index >= 15 is 0 Å². The van der Waals surface area contributed by atoms with Gasteiger partial charge < -0.3 is 31.5 Å². The maximum Gasteiger partial charge on any atom is 0.673 e. The Morgan fingerprint density at radius 3 is 1.70 bits per heavy atom. The molecule has 0 saturated carbocycles. The zero-order valence-electron chi connectivity index (χ0n) is 16.0. The molecule has 0 radical (unpaired) electrons. The Balaban J connectivity index is 0.000000646. The van der Waals surface area contributed by atoms with E-state index in [0.717, 1.165) is 51.6 Å². The van der Waals surface area contributed by atoms with Crippen LogP contribution in [0.15, 0.2) is 0 Å². The average Bonchev–Trinajstić information content (AvgIpc) is 2.63. The molecular weight excluding hydrogens is 371 g/mol. The number of aromatic nitrogens is 3. The highest BCUT2D eigenvalue weighted by molar-refractivity contribution is 6.50. The third kappa shape index (κ3) is 8.70. The van der Waals surface area contributed by atoms with E-state index in [0.29, 0.717) is 29.7 Å². The Hall–Kier alpha value is -1.69. The van der Waals surface area contributed by atoms with Gasteiger partial charge in [0.1, 0.15) is 13.1 Å². The van der Waals surface area contributed by atoms with E-state index in [4.69, 9.17) is 14.2 Å². The molecule has 0 amide bonds. The van der Waals surface area contributed by atoms with Gasteiger partial charge in [-0.2, -0.15) is 0 Å². The highest BCUT2D eigenvalue weighted by Crippen LogP contribution is 2.24. The van der Waals surface area contributed by atoms with Crippen LogP contribution in [-0.2, 0) is 4.74 Å². The van der Waals surface area contributed by atoms with Crippen molar-refractivity contribution in [2.24, 2.45) is 0 Å². The fourth-order valence-electron chi connectivity index (χ4n) is 2.41. The largest absolute Gasteiger partial charge is 0.673 e. The van der Waals surface area contributed by atoms with E-state index in [2.05, 4.69) is 35.7 Å². The summed E-state index contributed by atoms with van der Waals surface area (Å²) >= 11 is 0. The Kier molecular flexibility index (Phi) is 9.71. The molecule has 1 aliphatic heterocycles. The second kappa shape index (κ2) is 11.2. The minimum Gasteiger partial charge on any atom is -0.463 e. The van der Waals surface area contributed by atoms with Crippen LogP contribution in [0.2, 0.25) is 0 Å². The first-order valence-corrected chi connectivity index (χ1v) is 9.07. The van der Waals surface area contributed by atoms with Gasteiger partial charge in [-0.1, -0.05) is 13.8 Å². The number of likely N-dealkylation sites (N-methyl/N-ethyl adjacent to an activating group) is 1. The van der Waals surface area contributed by atoms with E-state index in [1.165, 1.54) is 0 Å². The monoisotopic (exact) mass is 398 g/mol. The van der Waals surface area contributed by atoms with E-state index in [1.807, 2.05) is 0 Å². The quantitative estimate of drug-likeness (QED) is 0.381. The summed E-state index contributed by atoms with van der Waals surface area (Å²) in [7, 11) is -6.00. The normalized spacial score (nSPS) is 16.3. The third-order valence-electron chi connectivity index (χ3n) is 3.81. The van der Waals surface area contributed by atoms with Crippen LogP contribution in [0, 0.1) is 0 Å². The van der Waals surface area contributed by atoms with Gasteiger partial charge >= 0.3 is 25.2 Å². The van der Waals surface area contributed by atoms with Gasteiger partial charge in [0.15, 0.2) is 0 Å². The highest BCUT2D eigenvalue weighted by atomic mass is 19.5. The lowest BCUT2D eigenvalue weighted by molar-refractivity contribution is 0.0390. The predicted octanol–water partition coefficient (Wildman–Crippen LogP) is 3.11. The van der Waals surface area contributed by atoms with Gasteiger partial charge in [-0.3, -0.25) is 4.48 Å². The van der Waals surface area contributed by atoms with Gasteiger partial charge in [0.2, 0.25) is 0 Å². The summed E-state index contributed by atoms with van der Waals surface area (Å²) in [4.78, 5) is 13.3. The molecule has 27 heavy (non-hydrogen) atoms. The van der Waals surface area contributed by atoms with Crippen molar-refractivity contribution in [3.8, 4) is 12.0 Å². The fourth-order valence-corrected chi connectivity index (χ4v) is 2.41. The van der Waals surface area contributed by atoms with Crippen LogP contribution in [-0.4, -0.2) is 68.3 Å². The van der Waals surface area contributed by atoms with Crippen molar-refractivity contribution in [2.75, 3.05) is 46.1 Å². The Labute approximate surface area is 156 Å². The predicted molar refractivity (Wildman–Crippen MR) is 94.5 cm³/mol. The van der Waals surface area contributed by atoms with Crippen molar-refractivity contribution in [2.45, 2.75) is 33.6 Å². The number of ether oxygens (including phenoxy) is 3. The number of halogens is 4. The highest BCUT2D eigenvalue weighted by Gasteiger charge is 2.36. The van der Waals surface area contributed by atoms with Gasteiger partial charge in [0.05, 0.1) is 33.0 Å². The fraction of sp³-hybridized carbons (Fsp3) is 0.800. The van der Waals surface area contributed by atoms with Crippen LogP contribution >= 0.6 is 0 Å². The topological polar surface area (TPSA) is 66.4 Å². The molecule has 0 unspecified atom stereocenters. The lowest BCUT2D eigenvalue weighted by atomic mass is 10.3. The maximum absolute atomic E-state index is 9.75. The minimum atomic E-state index is -6.00. The molecular formula is C15H27BF4N4O3. The number of nitrogens with zero attached hydrogens (tertiary/aromatic N) is 4. The summed E-state index contributed by atoms with van der Waals surface area (Å²) in [6.07, 6.45) is 1.82. The molecule has 1 aromatic heterocycles. The van der Waals surface area contributed by atoms with E-state index in [1.54, 1.807) is 0 Å². The maximum atomic E-state index is 9.75. The minimum absolute atomic E-state index is 0.357. The summed E-state index contributed by atoms with van der Waals surface area (Å²) in [5.74, 6) is 0.720. The van der Waals surface area contributed by atoms with E-state index in [-0.39, 0.29) is 0 Å². The first kappa shape index (κ1) is 23.4. The van der Waals surface area contributed by atoms with Crippen molar-refractivity contribution >= 4 is 13.2 Å². The lowest BCUT2D eigenvalue weighted by Crippen LogP contribution is -2.57. The summed E-state index contributed by atoms with van der Waals surface area (Å²) in [6.45, 7) is 11.5. The third-order valence-corrected chi connectivity index (χ3v) is 3.81. The first-order chi connectivity index (χ1) is 12.7. The molecule has 0 bridgehead atoms. The number of hydrogen-bond donors (Lipinski definition) is 0. The Morgan fingerprint density at radius 1 is 0.889 bits per heavy atom. The molecule has 2 rings (SSSR count). The molecule has 0 aromatic carbocycles. The van der Waals surface area contributed by atoms with Crippen LogP contribution in [0.1, 0.15) is 33.6 Å². The van der Waals surface area contributed by atoms with E-state index in [9.17, 15) is 17.3 Å². The summed E-state index contributed by atoms with van der Waals surface area (Å²) < 4.78 is 56.4. The smallest absolute Gasteiger partial charge is 0.463 e.